The van der Waals surface area contributed by atoms with Crippen LogP contribution in [-0.2, 0) is 17.6 Å². The van der Waals surface area contributed by atoms with Crippen LogP contribution in [0.1, 0.15) is 63.4 Å². The third kappa shape index (κ3) is 6.46. The predicted octanol–water partition coefficient (Wildman–Crippen LogP) is 6.10. The molecule has 1 aliphatic carbocycles. The van der Waals surface area contributed by atoms with E-state index in [1.165, 1.54) is 18.4 Å². The van der Waals surface area contributed by atoms with Gasteiger partial charge >= 0.3 is 0 Å². The highest BCUT2D eigenvalue weighted by Crippen LogP contribution is 2.40. The Morgan fingerprint density at radius 2 is 1.87 bits per heavy atom. The van der Waals surface area contributed by atoms with Crippen molar-refractivity contribution in [2.24, 2.45) is 17.8 Å². The summed E-state index contributed by atoms with van der Waals surface area (Å²) in [5.41, 5.74) is 3.21. The smallest absolute Gasteiger partial charge is 0.182 e. The number of ether oxygens (including phenoxy) is 3. The summed E-state index contributed by atoms with van der Waals surface area (Å²) in [6.45, 7) is 7.71. The van der Waals surface area contributed by atoms with Gasteiger partial charge in [0.25, 0.3) is 0 Å². The second kappa shape index (κ2) is 11.5. The number of aryl methyl sites for hydroxylation is 1. The van der Waals surface area contributed by atoms with Crippen LogP contribution in [0.5, 0.6) is 11.5 Å². The molecule has 3 atom stereocenters. The maximum atomic E-state index is 6.75. The van der Waals surface area contributed by atoms with Crippen LogP contribution >= 0.6 is 0 Å². The molecule has 170 valence electrons. The SMILES string of the molecule is COCCCc1cc(OC2CC(C)CCC2C(C)C)c(OC)c(Cc2ccccc2)n1. The van der Waals surface area contributed by atoms with Gasteiger partial charge in [-0.3, -0.25) is 4.98 Å². The van der Waals surface area contributed by atoms with Crippen molar-refractivity contribution >= 4 is 0 Å². The molecule has 4 heteroatoms. The summed E-state index contributed by atoms with van der Waals surface area (Å²) in [5, 5.41) is 0. The molecule has 3 rings (SSSR count). The first kappa shape index (κ1) is 23.6. The van der Waals surface area contributed by atoms with Crippen molar-refractivity contribution in [2.75, 3.05) is 20.8 Å². The molecular weight excluding hydrogens is 386 g/mol. The van der Waals surface area contributed by atoms with Crippen molar-refractivity contribution in [1.82, 2.24) is 4.98 Å². The van der Waals surface area contributed by atoms with Gasteiger partial charge in [0, 0.05) is 31.9 Å². The van der Waals surface area contributed by atoms with E-state index in [4.69, 9.17) is 19.2 Å². The van der Waals surface area contributed by atoms with Gasteiger partial charge < -0.3 is 14.2 Å². The fourth-order valence-corrected chi connectivity index (χ4v) is 4.77. The van der Waals surface area contributed by atoms with Crippen molar-refractivity contribution < 1.29 is 14.2 Å². The van der Waals surface area contributed by atoms with E-state index in [0.717, 1.165) is 55.2 Å². The van der Waals surface area contributed by atoms with Gasteiger partial charge in [-0.1, -0.05) is 57.5 Å². The lowest BCUT2D eigenvalue weighted by Gasteiger charge is -2.37. The Morgan fingerprint density at radius 3 is 2.55 bits per heavy atom. The van der Waals surface area contributed by atoms with Crippen LogP contribution in [0.4, 0.5) is 0 Å². The molecule has 4 nitrogen and oxygen atoms in total. The van der Waals surface area contributed by atoms with Crippen molar-refractivity contribution in [2.45, 2.75) is 65.4 Å². The van der Waals surface area contributed by atoms with Gasteiger partial charge in [-0.25, -0.2) is 0 Å². The van der Waals surface area contributed by atoms with Crippen molar-refractivity contribution in [1.29, 1.82) is 0 Å². The number of hydrogen-bond donors (Lipinski definition) is 0. The number of methoxy groups -OCH3 is 2. The van der Waals surface area contributed by atoms with E-state index in [1.807, 2.05) is 6.07 Å². The zero-order chi connectivity index (χ0) is 22.2. The van der Waals surface area contributed by atoms with E-state index in [1.54, 1.807) is 14.2 Å². The second-order valence-corrected chi connectivity index (χ2v) is 9.33. The number of rotatable bonds is 10. The number of nitrogens with zero attached hydrogens (tertiary/aromatic N) is 1. The second-order valence-electron chi connectivity index (χ2n) is 9.33. The van der Waals surface area contributed by atoms with Gasteiger partial charge in [0.2, 0.25) is 0 Å². The first-order valence-corrected chi connectivity index (χ1v) is 11.8. The van der Waals surface area contributed by atoms with Crippen LogP contribution < -0.4 is 9.47 Å². The third-order valence-electron chi connectivity index (χ3n) is 6.50. The lowest BCUT2D eigenvalue weighted by atomic mass is 9.75. The van der Waals surface area contributed by atoms with E-state index in [9.17, 15) is 0 Å². The summed E-state index contributed by atoms with van der Waals surface area (Å²) in [7, 11) is 3.47. The molecule has 1 aliphatic rings. The molecule has 0 N–H and O–H groups in total. The number of hydrogen-bond acceptors (Lipinski definition) is 4. The molecule has 1 aromatic heterocycles. The predicted molar refractivity (Wildman–Crippen MR) is 126 cm³/mol. The summed E-state index contributed by atoms with van der Waals surface area (Å²) in [4.78, 5) is 4.97. The minimum absolute atomic E-state index is 0.219. The highest BCUT2D eigenvalue weighted by atomic mass is 16.5. The molecular formula is C27H39NO3. The Hall–Kier alpha value is -2.07. The summed E-state index contributed by atoms with van der Waals surface area (Å²) < 4.78 is 17.9. The van der Waals surface area contributed by atoms with E-state index >= 15 is 0 Å². The molecule has 31 heavy (non-hydrogen) atoms. The van der Waals surface area contributed by atoms with Gasteiger partial charge in [-0.2, -0.15) is 0 Å². The largest absolute Gasteiger partial charge is 0.491 e. The fourth-order valence-electron chi connectivity index (χ4n) is 4.77. The van der Waals surface area contributed by atoms with E-state index in [0.29, 0.717) is 17.8 Å². The molecule has 0 radical (unpaired) electrons. The molecule has 1 saturated carbocycles. The maximum absolute atomic E-state index is 6.75. The van der Waals surface area contributed by atoms with E-state index in [2.05, 4.69) is 51.1 Å². The molecule has 2 aromatic rings. The highest BCUT2D eigenvalue weighted by molar-refractivity contribution is 5.46. The number of pyridine rings is 1. The highest BCUT2D eigenvalue weighted by Gasteiger charge is 2.33. The van der Waals surface area contributed by atoms with E-state index < -0.39 is 0 Å². The molecule has 1 heterocycles. The summed E-state index contributed by atoms with van der Waals surface area (Å²) in [6.07, 6.45) is 6.37. The van der Waals surface area contributed by atoms with Gasteiger partial charge in [-0.15, -0.1) is 0 Å². The minimum atomic E-state index is 0.219. The molecule has 1 fully saturated rings. The van der Waals surface area contributed by atoms with Crippen LogP contribution in [0.15, 0.2) is 36.4 Å². The van der Waals surface area contributed by atoms with Gasteiger partial charge in [0.15, 0.2) is 11.5 Å². The van der Waals surface area contributed by atoms with Crippen molar-refractivity contribution in [3.8, 4) is 11.5 Å². The first-order chi connectivity index (χ1) is 15.0. The van der Waals surface area contributed by atoms with Crippen LogP contribution in [0.2, 0.25) is 0 Å². The molecule has 0 aliphatic heterocycles. The summed E-state index contributed by atoms with van der Waals surface area (Å²) in [5.74, 6) is 3.50. The molecule has 0 bridgehead atoms. The monoisotopic (exact) mass is 425 g/mol. The van der Waals surface area contributed by atoms with E-state index in [-0.39, 0.29) is 6.10 Å². The van der Waals surface area contributed by atoms with Gasteiger partial charge in [0.1, 0.15) is 6.10 Å². The molecule has 0 spiro atoms. The van der Waals surface area contributed by atoms with Crippen LogP contribution in [0.25, 0.3) is 0 Å². The number of aromatic nitrogens is 1. The maximum Gasteiger partial charge on any atom is 0.182 e. The normalized spacial score (nSPS) is 21.3. The average Bonchev–Trinajstić information content (AvgIpc) is 2.74. The molecule has 1 aromatic carbocycles. The Kier molecular flexibility index (Phi) is 8.77. The Bertz CT molecular complexity index is 806. The Labute approximate surface area is 188 Å². The van der Waals surface area contributed by atoms with Crippen molar-refractivity contribution in [3.63, 3.8) is 0 Å². The van der Waals surface area contributed by atoms with Crippen LogP contribution in [0, 0.1) is 17.8 Å². The average molecular weight is 426 g/mol. The van der Waals surface area contributed by atoms with Crippen molar-refractivity contribution in [3.05, 3.63) is 53.3 Å². The third-order valence-corrected chi connectivity index (χ3v) is 6.50. The molecule has 0 saturated heterocycles. The quantitative estimate of drug-likeness (QED) is 0.431. The topological polar surface area (TPSA) is 40.6 Å². The molecule has 0 amide bonds. The fraction of sp³-hybridized carbons (Fsp3) is 0.593. The summed E-state index contributed by atoms with van der Waals surface area (Å²) >= 11 is 0. The Morgan fingerprint density at radius 1 is 1.10 bits per heavy atom. The minimum Gasteiger partial charge on any atom is -0.491 e. The first-order valence-electron chi connectivity index (χ1n) is 11.8. The Balaban J connectivity index is 1.93. The zero-order valence-corrected chi connectivity index (χ0v) is 19.9. The standard InChI is InChI=1S/C27H39NO3/c1-19(2)23-14-13-20(3)16-25(23)31-26-18-22(12-9-15-29-4)28-24(27(26)30-5)17-21-10-7-6-8-11-21/h6-8,10-11,18-20,23,25H,9,12-17H2,1-5H3. The lowest BCUT2D eigenvalue weighted by molar-refractivity contribution is 0.0437. The lowest BCUT2D eigenvalue weighted by Crippen LogP contribution is -2.36. The van der Waals surface area contributed by atoms with Crippen LogP contribution in [0.3, 0.4) is 0 Å². The number of benzene rings is 1. The van der Waals surface area contributed by atoms with Gasteiger partial charge in [0.05, 0.1) is 12.8 Å². The zero-order valence-electron chi connectivity index (χ0n) is 19.9. The summed E-state index contributed by atoms with van der Waals surface area (Å²) in [6, 6.07) is 12.5. The van der Waals surface area contributed by atoms with Crippen LogP contribution in [-0.4, -0.2) is 31.9 Å². The molecule has 3 unspecified atom stereocenters. The van der Waals surface area contributed by atoms with Gasteiger partial charge in [-0.05, 0) is 49.0 Å².